The van der Waals surface area contributed by atoms with Crippen LogP contribution in [0.4, 0.5) is 0 Å². The van der Waals surface area contributed by atoms with Gasteiger partial charge in [-0.2, -0.15) is 0 Å². The molecule has 0 bridgehead atoms. The van der Waals surface area contributed by atoms with Crippen LogP contribution in [0, 0.1) is 5.92 Å². The first-order chi connectivity index (χ1) is 10.2. The van der Waals surface area contributed by atoms with Gasteiger partial charge in [-0.25, -0.2) is 0 Å². The van der Waals surface area contributed by atoms with Crippen molar-refractivity contribution in [3.8, 4) is 5.75 Å². The van der Waals surface area contributed by atoms with E-state index < -0.39 is 0 Å². The normalized spacial score (nSPS) is 18.4. The lowest BCUT2D eigenvalue weighted by molar-refractivity contribution is -0.121. The van der Waals surface area contributed by atoms with E-state index in [2.05, 4.69) is 17.6 Å². The molecule has 1 heterocycles. The van der Waals surface area contributed by atoms with Gasteiger partial charge in [-0.05, 0) is 49.4 Å². The van der Waals surface area contributed by atoms with E-state index in [4.69, 9.17) is 4.74 Å². The van der Waals surface area contributed by atoms with Gasteiger partial charge in [-0.15, -0.1) is 12.4 Å². The molecule has 1 amide bonds. The van der Waals surface area contributed by atoms with Gasteiger partial charge in [0, 0.05) is 13.0 Å². The number of carbonyl (C=O) groups excluding carboxylic acids is 1. The van der Waals surface area contributed by atoms with Crippen molar-refractivity contribution >= 4 is 18.3 Å². The highest BCUT2D eigenvalue weighted by molar-refractivity contribution is 5.85. The summed E-state index contributed by atoms with van der Waals surface area (Å²) in [5.41, 5.74) is 1.09. The second-order valence-electron chi connectivity index (χ2n) is 5.84. The number of carbonyl (C=O) groups is 1. The highest BCUT2D eigenvalue weighted by Gasteiger charge is 2.16. The number of hydrogen-bond acceptors (Lipinski definition) is 3. The third-order valence-corrected chi connectivity index (χ3v) is 4.20. The molecular weight excluding hydrogens is 300 g/mol. The molecule has 0 aliphatic carbocycles. The first kappa shape index (κ1) is 18.8. The van der Waals surface area contributed by atoms with E-state index in [1.165, 1.54) is 6.42 Å². The number of ether oxygens (including phenoxy) is 1. The van der Waals surface area contributed by atoms with Crippen molar-refractivity contribution in [2.75, 3.05) is 26.7 Å². The summed E-state index contributed by atoms with van der Waals surface area (Å²) < 4.78 is 5.36. The smallest absolute Gasteiger partial charge is 0.220 e. The van der Waals surface area contributed by atoms with Crippen LogP contribution in [0.5, 0.6) is 5.75 Å². The van der Waals surface area contributed by atoms with Crippen LogP contribution in [0.1, 0.15) is 37.7 Å². The molecule has 1 fully saturated rings. The summed E-state index contributed by atoms with van der Waals surface area (Å²) in [6, 6.07) is 7.90. The van der Waals surface area contributed by atoms with E-state index in [-0.39, 0.29) is 24.2 Å². The standard InChI is InChI=1S/C17H26N2O2.ClH/c1-13(15-5-3-4-6-16(15)21-2)11-17(20)19-10-8-14-7-9-18-12-14;/h3-6,13-14,18H,7-12H2,1-2H3,(H,19,20);1H. The fraction of sp³-hybridized carbons (Fsp3) is 0.588. The van der Waals surface area contributed by atoms with Gasteiger partial charge < -0.3 is 15.4 Å². The second-order valence-corrected chi connectivity index (χ2v) is 5.84. The van der Waals surface area contributed by atoms with Crippen LogP contribution < -0.4 is 15.4 Å². The maximum atomic E-state index is 12.0. The Morgan fingerprint density at radius 3 is 2.91 bits per heavy atom. The number of methoxy groups -OCH3 is 1. The lowest BCUT2D eigenvalue weighted by Gasteiger charge is -2.16. The average molecular weight is 327 g/mol. The molecule has 22 heavy (non-hydrogen) atoms. The fourth-order valence-electron chi connectivity index (χ4n) is 2.91. The summed E-state index contributed by atoms with van der Waals surface area (Å²) >= 11 is 0. The summed E-state index contributed by atoms with van der Waals surface area (Å²) in [7, 11) is 1.67. The van der Waals surface area contributed by atoms with E-state index in [0.29, 0.717) is 6.42 Å². The Labute approximate surface area is 139 Å². The van der Waals surface area contributed by atoms with Crippen molar-refractivity contribution in [2.45, 2.75) is 32.1 Å². The van der Waals surface area contributed by atoms with Crippen LogP contribution in [0.2, 0.25) is 0 Å². The van der Waals surface area contributed by atoms with Gasteiger partial charge in [0.1, 0.15) is 5.75 Å². The van der Waals surface area contributed by atoms with E-state index in [1.54, 1.807) is 7.11 Å². The predicted octanol–water partition coefficient (Wildman–Crippen LogP) is 2.73. The SMILES string of the molecule is COc1ccccc1C(C)CC(=O)NCCC1CCNC1.Cl. The van der Waals surface area contributed by atoms with Gasteiger partial charge in [0.25, 0.3) is 0 Å². The maximum Gasteiger partial charge on any atom is 0.220 e. The zero-order valence-electron chi connectivity index (χ0n) is 13.4. The molecule has 0 saturated carbocycles. The first-order valence-electron chi connectivity index (χ1n) is 7.81. The van der Waals surface area contributed by atoms with Crippen molar-refractivity contribution < 1.29 is 9.53 Å². The Balaban J connectivity index is 0.00000242. The second kappa shape index (κ2) is 9.70. The van der Waals surface area contributed by atoms with E-state index in [1.807, 2.05) is 24.3 Å². The topological polar surface area (TPSA) is 50.4 Å². The zero-order valence-corrected chi connectivity index (χ0v) is 14.2. The molecule has 124 valence electrons. The Morgan fingerprint density at radius 2 is 2.23 bits per heavy atom. The number of nitrogens with one attached hydrogen (secondary N) is 2. The largest absolute Gasteiger partial charge is 0.496 e. The predicted molar refractivity (Wildman–Crippen MR) is 91.9 cm³/mol. The number of hydrogen-bond donors (Lipinski definition) is 2. The maximum absolute atomic E-state index is 12.0. The van der Waals surface area contributed by atoms with E-state index in [0.717, 1.165) is 43.3 Å². The van der Waals surface area contributed by atoms with Gasteiger partial charge in [0.15, 0.2) is 0 Å². The van der Waals surface area contributed by atoms with Crippen molar-refractivity contribution in [2.24, 2.45) is 5.92 Å². The summed E-state index contributed by atoms with van der Waals surface area (Å²) in [4.78, 5) is 12.0. The summed E-state index contributed by atoms with van der Waals surface area (Å²) in [5, 5.41) is 6.39. The molecule has 0 radical (unpaired) electrons. The summed E-state index contributed by atoms with van der Waals surface area (Å²) in [5.74, 6) is 1.86. The molecule has 2 atom stereocenters. The average Bonchev–Trinajstić information content (AvgIpc) is 3.00. The Kier molecular flexibility index (Phi) is 8.28. The Hall–Kier alpha value is -1.26. The molecule has 2 N–H and O–H groups in total. The van der Waals surface area contributed by atoms with E-state index in [9.17, 15) is 4.79 Å². The number of halogens is 1. The van der Waals surface area contributed by atoms with Crippen LogP contribution in [0.3, 0.4) is 0 Å². The van der Waals surface area contributed by atoms with Gasteiger partial charge in [-0.3, -0.25) is 4.79 Å². The molecule has 0 aromatic heterocycles. The third-order valence-electron chi connectivity index (χ3n) is 4.20. The lowest BCUT2D eigenvalue weighted by Crippen LogP contribution is -2.27. The lowest BCUT2D eigenvalue weighted by atomic mass is 9.96. The van der Waals surface area contributed by atoms with Crippen LogP contribution in [-0.2, 0) is 4.79 Å². The van der Waals surface area contributed by atoms with Gasteiger partial charge in [0.05, 0.1) is 7.11 Å². The molecule has 1 saturated heterocycles. The molecule has 4 nitrogen and oxygen atoms in total. The van der Waals surface area contributed by atoms with Crippen molar-refractivity contribution in [1.82, 2.24) is 10.6 Å². The minimum Gasteiger partial charge on any atom is -0.496 e. The molecule has 1 aliphatic heterocycles. The highest BCUT2D eigenvalue weighted by atomic mass is 35.5. The third kappa shape index (κ3) is 5.50. The van der Waals surface area contributed by atoms with Crippen LogP contribution >= 0.6 is 12.4 Å². The number of amides is 1. The molecule has 1 aliphatic rings. The molecular formula is C17H27ClN2O2. The summed E-state index contributed by atoms with van der Waals surface area (Å²) in [6.07, 6.45) is 2.80. The quantitative estimate of drug-likeness (QED) is 0.810. The highest BCUT2D eigenvalue weighted by Crippen LogP contribution is 2.28. The monoisotopic (exact) mass is 326 g/mol. The Bertz CT molecular complexity index is 462. The van der Waals surface area contributed by atoms with Crippen molar-refractivity contribution in [3.63, 3.8) is 0 Å². The van der Waals surface area contributed by atoms with Gasteiger partial charge in [0.2, 0.25) is 5.91 Å². The fourth-order valence-corrected chi connectivity index (χ4v) is 2.91. The number of benzene rings is 1. The van der Waals surface area contributed by atoms with Gasteiger partial charge in [-0.1, -0.05) is 25.1 Å². The van der Waals surface area contributed by atoms with Crippen molar-refractivity contribution in [1.29, 1.82) is 0 Å². The Morgan fingerprint density at radius 1 is 1.45 bits per heavy atom. The molecule has 0 spiro atoms. The molecule has 2 rings (SSSR count). The van der Waals surface area contributed by atoms with Crippen LogP contribution in [0.15, 0.2) is 24.3 Å². The zero-order chi connectivity index (χ0) is 15.1. The van der Waals surface area contributed by atoms with Crippen LogP contribution in [-0.4, -0.2) is 32.7 Å². The molecule has 2 unspecified atom stereocenters. The van der Waals surface area contributed by atoms with Crippen molar-refractivity contribution in [3.05, 3.63) is 29.8 Å². The van der Waals surface area contributed by atoms with E-state index >= 15 is 0 Å². The molecule has 5 heteroatoms. The minimum atomic E-state index is 0. The van der Waals surface area contributed by atoms with Gasteiger partial charge >= 0.3 is 0 Å². The molecule has 1 aromatic carbocycles. The van der Waals surface area contributed by atoms with Crippen LogP contribution in [0.25, 0.3) is 0 Å². The molecule has 1 aromatic rings. The number of rotatable bonds is 7. The minimum absolute atomic E-state index is 0. The summed E-state index contributed by atoms with van der Waals surface area (Å²) in [6.45, 7) is 5.05. The first-order valence-corrected chi connectivity index (χ1v) is 7.81. The number of para-hydroxylation sites is 1.